The predicted molar refractivity (Wildman–Crippen MR) is 115 cm³/mol. The van der Waals surface area contributed by atoms with Crippen LogP contribution in [0.25, 0.3) is 0 Å². The lowest BCUT2D eigenvalue weighted by molar-refractivity contribution is -0.117. The molecule has 29 heavy (non-hydrogen) atoms. The number of amides is 2. The van der Waals surface area contributed by atoms with E-state index < -0.39 is 0 Å². The van der Waals surface area contributed by atoms with E-state index in [1.54, 1.807) is 29.2 Å². The van der Waals surface area contributed by atoms with Crippen molar-refractivity contribution in [3.05, 3.63) is 69.2 Å². The molecule has 1 saturated heterocycles. The molecule has 1 unspecified atom stereocenters. The van der Waals surface area contributed by atoms with Crippen LogP contribution in [0.3, 0.4) is 0 Å². The molecule has 1 aromatic heterocycles. The Labute approximate surface area is 177 Å². The van der Waals surface area contributed by atoms with Gasteiger partial charge in [-0.1, -0.05) is 35.1 Å². The van der Waals surface area contributed by atoms with Gasteiger partial charge in [-0.3, -0.25) is 14.9 Å². The molecule has 1 fully saturated rings. The molecule has 0 spiro atoms. The van der Waals surface area contributed by atoms with Gasteiger partial charge in [0.15, 0.2) is 0 Å². The zero-order valence-electron chi connectivity index (χ0n) is 16.0. The summed E-state index contributed by atoms with van der Waals surface area (Å²) in [4.78, 5) is 26.7. The zero-order chi connectivity index (χ0) is 20.5. The summed E-state index contributed by atoms with van der Waals surface area (Å²) in [5.74, 6) is -0.271. The highest BCUT2D eigenvalue weighted by atomic mass is 35.5. The van der Waals surface area contributed by atoms with Gasteiger partial charge in [-0.15, -0.1) is 10.2 Å². The minimum atomic E-state index is -0.297. The maximum Gasteiger partial charge on any atom is 0.257 e. The van der Waals surface area contributed by atoms with Crippen molar-refractivity contribution in [2.45, 2.75) is 26.2 Å². The molecule has 2 heterocycles. The lowest BCUT2D eigenvalue weighted by Crippen LogP contribution is -2.24. The van der Waals surface area contributed by atoms with Crippen molar-refractivity contribution in [1.29, 1.82) is 0 Å². The minimum Gasteiger partial charge on any atom is -0.312 e. The number of benzene rings is 2. The van der Waals surface area contributed by atoms with Crippen LogP contribution in [-0.2, 0) is 4.79 Å². The number of aryl methyl sites for hydroxylation is 2. The molecule has 0 radical (unpaired) electrons. The Balaban J connectivity index is 1.47. The van der Waals surface area contributed by atoms with Gasteiger partial charge in [-0.05, 0) is 55.3 Å². The number of nitrogens with one attached hydrogen (secondary N) is 1. The summed E-state index contributed by atoms with van der Waals surface area (Å²) >= 11 is 7.23. The maximum atomic E-state index is 12.6. The van der Waals surface area contributed by atoms with Gasteiger partial charge in [-0.2, -0.15) is 0 Å². The van der Waals surface area contributed by atoms with Gasteiger partial charge in [-0.25, -0.2) is 0 Å². The third-order valence-corrected chi connectivity index (χ3v) is 5.98. The van der Waals surface area contributed by atoms with Crippen LogP contribution >= 0.6 is 22.9 Å². The molecule has 8 heteroatoms. The van der Waals surface area contributed by atoms with Crippen molar-refractivity contribution in [3.63, 3.8) is 0 Å². The largest absolute Gasteiger partial charge is 0.312 e. The Morgan fingerprint density at radius 3 is 2.66 bits per heavy atom. The quantitative estimate of drug-likeness (QED) is 0.662. The highest BCUT2D eigenvalue weighted by molar-refractivity contribution is 7.15. The van der Waals surface area contributed by atoms with Crippen molar-refractivity contribution in [2.75, 3.05) is 16.8 Å². The second kappa shape index (κ2) is 7.93. The average molecular weight is 427 g/mol. The number of halogens is 1. The summed E-state index contributed by atoms with van der Waals surface area (Å²) in [7, 11) is 0. The molecule has 1 N–H and O–H groups in total. The topological polar surface area (TPSA) is 75.2 Å². The van der Waals surface area contributed by atoms with Gasteiger partial charge in [0.05, 0.1) is 0 Å². The number of carbonyl (C=O) groups is 2. The highest BCUT2D eigenvalue weighted by Gasteiger charge is 2.34. The van der Waals surface area contributed by atoms with Gasteiger partial charge in [0.2, 0.25) is 11.0 Å². The number of hydrogen-bond acceptors (Lipinski definition) is 5. The molecule has 148 valence electrons. The van der Waals surface area contributed by atoms with Crippen LogP contribution in [0.2, 0.25) is 5.02 Å². The molecule has 6 nitrogen and oxygen atoms in total. The fourth-order valence-electron chi connectivity index (χ4n) is 3.48. The molecule has 4 rings (SSSR count). The van der Waals surface area contributed by atoms with Crippen LogP contribution in [0.5, 0.6) is 0 Å². The predicted octanol–water partition coefficient (Wildman–Crippen LogP) is 4.58. The maximum absolute atomic E-state index is 12.6. The van der Waals surface area contributed by atoms with E-state index in [0.717, 1.165) is 21.8 Å². The van der Waals surface area contributed by atoms with E-state index in [9.17, 15) is 9.59 Å². The minimum absolute atomic E-state index is 0.0439. The van der Waals surface area contributed by atoms with E-state index in [1.807, 2.05) is 26.0 Å². The first-order chi connectivity index (χ1) is 13.9. The highest BCUT2D eigenvalue weighted by Crippen LogP contribution is 2.35. The van der Waals surface area contributed by atoms with Crippen molar-refractivity contribution in [3.8, 4) is 0 Å². The van der Waals surface area contributed by atoms with Crippen LogP contribution in [0.15, 0.2) is 42.5 Å². The normalized spacial score (nSPS) is 16.3. The van der Waals surface area contributed by atoms with E-state index in [-0.39, 0.29) is 17.7 Å². The molecular weight excluding hydrogens is 408 g/mol. The van der Waals surface area contributed by atoms with E-state index >= 15 is 0 Å². The molecule has 1 atom stereocenters. The van der Waals surface area contributed by atoms with Crippen LogP contribution < -0.4 is 10.2 Å². The lowest BCUT2D eigenvalue weighted by Gasteiger charge is -2.17. The Kier molecular flexibility index (Phi) is 5.34. The lowest BCUT2D eigenvalue weighted by atomic mass is 10.1. The number of aromatic nitrogens is 2. The average Bonchev–Trinajstić information content (AvgIpc) is 3.27. The Morgan fingerprint density at radius 1 is 1.17 bits per heavy atom. The summed E-state index contributed by atoms with van der Waals surface area (Å²) in [6.07, 6.45) is 0.379. The zero-order valence-corrected chi connectivity index (χ0v) is 17.5. The van der Waals surface area contributed by atoms with Crippen LogP contribution in [0, 0.1) is 13.8 Å². The Morgan fingerprint density at radius 2 is 1.93 bits per heavy atom. The summed E-state index contributed by atoms with van der Waals surface area (Å²) in [6, 6.07) is 12.8. The fraction of sp³-hybridized carbons (Fsp3) is 0.238. The number of nitrogens with zero attached hydrogens (tertiary/aromatic N) is 3. The molecule has 3 aromatic rings. The Bertz CT molecular complexity index is 1080. The summed E-state index contributed by atoms with van der Waals surface area (Å²) in [5, 5.41) is 12.7. The third kappa shape index (κ3) is 4.31. The van der Waals surface area contributed by atoms with Gasteiger partial charge < -0.3 is 4.90 Å². The molecule has 1 aliphatic rings. The van der Waals surface area contributed by atoms with Crippen molar-refractivity contribution < 1.29 is 9.59 Å². The number of anilines is 2. The van der Waals surface area contributed by atoms with Gasteiger partial charge in [0.25, 0.3) is 5.91 Å². The van der Waals surface area contributed by atoms with Crippen LogP contribution in [0.4, 0.5) is 10.8 Å². The summed E-state index contributed by atoms with van der Waals surface area (Å²) < 4.78 is 0. The molecular formula is C21H19ClN4O2S. The molecule has 2 aromatic carbocycles. The Hall–Kier alpha value is -2.77. The number of carbonyl (C=O) groups excluding carboxylic acids is 2. The smallest absolute Gasteiger partial charge is 0.257 e. The number of hydrogen-bond donors (Lipinski definition) is 1. The molecule has 0 aliphatic carbocycles. The van der Waals surface area contributed by atoms with Crippen molar-refractivity contribution in [2.24, 2.45) is 0 Å². The summed E-state index contributed by atoms with van der Waals surface area (Å²) in [6.45, 7) is 4.60. The first-order valence-corrected chi connectivity index (χ1v) is 10.4. The summed E-state index contributed by atoms with van der Waals surface area (Å²) in [5.41, 5.74) is 3.61. The van der Waals surface area contributed by atoms with Gasteiger partial charge in [0, 0.05) is 35.2 Å². The number of rotatable bonds is 4. The van der Waals surface area contributed by atoms with Crippen molar-refractivity contribution >= 4 is 45.6 Å². The molecule has 1 aliphatic heterocycles. The molecule has 0 saturated carbocycles. The second-order valence-corrected chi connectivity index (χ2v) is 8.61. The van der Waals surface area contributed by atoms with Gasteiger partial charge >= 0.3 is 0 Å². The van der Waals surface area contributed by atoms with Crippen LogP contribution in [0.1, 0.15) is 38.8 Å². The van der Waals surface area contributed by atoms with E-state index in [1.165, 1.54) is 11.3 Å². The van der Waals surface area contributed by atoms with Crippen LogP contribution in [-0.4, -0.2) is 28.6 Å². The van der Waals surface area contributed by atoms with Gasteiger partial charge in [0.1, 0.15) is 5.01 Å². The molecule has 0 bridgehead atoms. The van der Waals surface area contributed by atoms with Crippen molar-refractivity contribution in [1.82, 2.24) is 10.2 Å². The van der Waals surface area contributed by atoms with E-state index in [4.69, 9.17) is 11.6 Å². The first kappa shape index (κ1) is 19.5. The van der Waals surface area contributed by atoms with E-state index in [0.29, 0.717) is 28.7 Å². The standard InChI is InChI=1S/C21H19ClN4O2S/c1-12-6-13(2)8-17(7-12)26-11-15(10-18(26)27)20-24-25-21(29-20)23-19(28)14-4-3-5-16(22)9-14/h3-9,15H,10-11H2,1-2H3,(H,23,25,28). The fourth-order valence-corrected chi connectivity index (χ4v) is 4.50. The first-order valence-electron chi connectivity index (χ1n) is 9.18. The SMILES string of the molecule is Cc1cc(C)cc(N2CC(c3nnc(NC(=O)c4cccc(Cl)c4)s3)CC2=O)c1. The van der Waals surface area contributed by atoms with E-state index in [2.05, 4.69) is 21.6 Å². The second-order valence-electron chi connectivity index (χ2n) is 7.16. The molecule has 2 amide bonds. The third-order valence-electron chi connectivity index (χ3n) is 4.74. The monoisotopic (exact) mass is 426 g/mol.